The molecule has 1 aliphatic heterocycles. The predicted octanol–water partition coefficient (Wildman–Crippen LogP) is 2.14. The molecule has 0 radical (unpaired) electrons. The van der Waals surface area contributed by atoms with Crippen LogP contribution in [0.1, 0.15) is 20.3 Å². The van der Waals surface area contributed by atoms with Crippen molar-refractivity contribution in [3.05, 3.63) is 24.3 Å². The molecule has 29 heavy (non-hydrogen) atoms. The molecule has 1 aromatic carbocycles. The van der Waals surface area contributed by atoms with Gasteiger partial charge in [0.2, 0.25) is 0 Å². The third-order valence-electron chi connectivity index (χ3n) is 4.69. The molecule has 160 valence electrons. The van der Waals surface area contributed by atoms with Crippen molar-refractivity contribution < 1.29 is 23.9 Å². The van der Waals surface area contributed by atoms with Crippen LogP contribution in [0.15, 0.2) is 24.3 Å². The fourth-order valence-electron chi connectivity index (χ4n) is 3.06. The number of nitrogens with one attached hydrogen (secondary N) is 2. The Bertz CT molecular complexity index is 699. The summed E-state index contributed by atoms with van der Waals surface area (Å²) in [6.07, 6.45) is 0.503. The zero-order valence-corrected chi connectivity index (χ0v) is 17.4. The second kappa shape index (κ2) is 10.5. The van der Waals surface area contributed by atoms with E-state index in [1.165, 1.54) is 7.11 Å². The van der Waals surface area contributed by atoms with Gasteiger partial charge in [0, 0.05) is 31.9 Å². The van der Waals surface area contributed by atoms with Crippen molar-refractivity contribution >= 4 is 23.7 Å². The van der Waals surface area contributed by atoms with Gasteiger partial charge < -0.3 is 29.9 Å². The van der Waals surface area contributed by atoms with E-state index in [0.717, 1.165) is 0 Å². The average Bonchev–Trinajstić information content (AvgIpc) is 2.72. The first kappa shape index (κ1) is 22.3. The van der Waals surface area contributed by atoms with E-state index in [9.17, 15) is 14.4 Å². The summed E-state index contributed by atoms with van der Waals surface area (Å²) in [5.74, 6) is 0.493. The lowest BCUT2D eigenvalue weighted by Crippen LogP contribution is -2.56. The quantitative estimate of drug-likeness (QED) is 0.705. The fraction of sp³-hybridized carbons (Fsp3) is 0.550. The number of urea groups is 2. The first-order valence-corrected chi connectivity index (χ1v) is 9.67. The molecule has 1 atom stereocenters. The minimum Gasteiger partial charge on any atom is -0.497 e. The summed E-state index contributed by atoms with van der Waals surface area (Å²) in [6.45, 7) is 5.53. The van der Waals surface area contributed by atoms with Gasteiger partial charge in [-0.25, -0.2) is 14.4 Å². The number of hydrogen-bond donors (Lipinski definition) is 2. The first-order valence-electron chi connectivity index (χ1n) is 9.67. The molecule has 0 unspecified atom stereocenters. The Hall–Kier alpha value is -2.97. The molecular weight excluding hydrogens is 376 g/mol. The molecular formula is C20H30N4O5. The lowest BCUT2D eigenvalue weighted by Gasteiger charge is -2.35. The van der Waals surface area contributed by atoms with Gasteiger partial charge >= 0.3 is 18.0 Å². The monoisotopic (exact) mass is 406 g/mol. The number of amides is 4. The molecule has 1 saturated heterocycles. The number of carbonyl (C=O) groups is 3. The van der Waals surface area contributed by atoms with Crippen LogP contribution in [0.3, 0.4) is 0 Å². The maximum Gasteiger partial charge on any atom is 0.328 e. The molecule has 0 aromatic heterocycles. The van der Waals surface area contributed by atoms with Crippen LogP contribution in [-0.2, 0) is 9.53 Å². The van der Waals surface area contributed by atoms with Crippen LogP contribution in [0.2, 0.25) is 0 Å². The van der Waals surface area contributed by atoms with E-state index in [2.05, 4.69) is 10.6 Å². The number of piperazine rings is 1. The van der Waals surface area contributed by atoms with E-state index in [-0.39, 0.29) is 18.0 Å². The molecule has 1 heterocycles. The van der Waals surface area contributed by atoms with E-state index < -0.39 is 12.0 Å². The maximum atomic E-state index is 12.5. The molecule has 2 rings (SSSR count). The highest BCUT2D eigenvalue weighted by atomic mass is 16.5. The molecule has 2 N–H and O–H groups in total. The number of hydrogen-bond acceptors (Lipinski definition) is 5. The SMILES string of the molecule is COC(=O)[C@H](CC(C)C)NC(=O)N1CCN(C(=O)Nc2ccc(OC)cc2)CC1. The van der Waals surface area contributed by atoms with E-state index in [1.54, 1.807) is 41.2 Å². The second-order valence-electron chi connectivity index (χ2n) is 7.29. The predicted molar refractivity (Wildman–Crippen MR) is 109 cm³/mol. The van der Waals surface area contributed by atoms with Crippen molar-refractivity contribution in [2.75, 3.05) is 45.7 Å². The van der Waals surface area contributed by atoms with Crippen molar-refractivity contribution in [2.24, 2.45) is 5.92 Å². The van der Waals surface area contributed by atoms with Crippen LogP contribution in [0.4, 0.5) is 15.3 Å². The molecule has 0 bridgehead atoms. The summed E-state index contributed by atoms with van der Waals surface area (Å²) in [6, 6.07) is 5.85. The maximum absolute atomic E-state index is 12.5. The highest BCUT2D eigenvalue weighted by Gasteiger charge is 2.28. The second-order valence-corrected chi connectivity index (χ2v) is 7.29. The van der Waals surface area contributed by atoms with Gasteiger partial charge in [0.25, 0.3) is 0 Å². The molecule has 0 aliphatic carbocycles. The summed E-state index contributed by atoms with van der Waals surface area (Å²) in [5.41, 5.74) is 0.672. The smallest absolute Gasteiger partial charge is 0.328 e. The zero-order valence-electron chi connectivity index (χ0n) is 17.4. The lowest BCUT2D eigenvalue weighted by molar-refractivity contribution is -0.143. The Morgan fingerprint density at radius 1 is 0.966 bits per heavy atom. The van der Waals surface area contributed by atoms with Crippen LogP contribution in [0, 0.1) is 5.92 Å². The van der Waals surface area contributed by atoms with Crippen LogP contribution >= 0.6 is 0 Å². The van der Waals surface area contributed by atoms with Crippen molar-refractivity contribution in [3.8, 4) is 5.75 Å². The summed E-state index contributed by atoms with van der Waals surface area (Å²) in [5, 5.41) is 5.58. The molecule has 9 heteroatoms. The van der Waals surface area contributed by atoms with Gasteiger partial charge in [0.15, 0.2) is 0 Å². The number of benzene rings is 1. The van der Waals surface area contributed by atoms with Gasteiger partial charge in [0.05, 0.1) is 14.2 Å². The Labute approximate surface area is 171 Å². The largest absolute Gasteiger partial charge is 0.497 e. The van der Waals surface area contributed by atoms with E-state index in [0.29, 0.717) is 44.0 Å². The van der Waals surface area contributed by atoms with Crippen molar-refractivity contribution in [2.45, 2.75) is 26.3 Å². The number of methoxy groups -OCH3 is 2. The highest BCUT2D eigenvalue weighted by Crippen LogP contribution is 2.16. The standard InChI is InChI=1S/C20H30N4O5/c1-14(2)13-17(18(25)29-4)22-20(27)24-11-9-23(10-12-24)19(26)21-15-5-7-16(28-3)8-6-15/h5-8,14,17H,9-13H2,1-4H3,(H,21,26)(H,22,27)/t17-/m0/s1. The molecule has 1 fully saturated rings. The summed E-state index contributed by atoms with van der Waals surface area (Å²) in [7, 11) is 2.89. The third-order valence-corrected chi connectivity index (χ3v) is 4.69. The van der Waals surface area contributed by atoms with Gasteiger partial charge in [0.1, 0.15) is 11.8 Å². The minimum atomic E-state index is -0.677. The van der Waals surface area contributed by atoms with Crippen LogP contribution in [0.5, 0.6) is 5.75 Å². The summed E-state index contributed by atoms with van der Waals surface area (Å²) < 4.78 is 9.88. The number of anilines is 1. The van der Waals surface area contributed by atoms with Crippen LogP contribution in [-0.4, -0.2) is 74.3 Å². The number of carbonyl (C=O) groups excluding carboxylic acids is 3. The Kier molecular flexibility index (Phi) is 8.11. The Morgan fingerprint density at radius 2 is 1.52 bits per heavy atom. The average molecular weight is 406 g/mol. The summed E-state index contributed by atoms with van der Waals surface area (Å²) >= 11 is 0. The van der Waals surface area contributed by atoms with Crippen LogP contribution < -0.4 is 15.4 Å². The van der Waals surface area contributed by atoms with Gasteiger partial charge in [-0.05, 0) is 36.6 Å². The molecule has 9 nitrogen and oxygen atoms in total. The zero-order chi connectivity index (χ0) is 21.4. The van der Waals surface area contributed by atoms with E-state index >= 15 is 0 Å². The highest BCUT2D eigenvalue weighted by molar-refractivity contribution is 5.89. The van der Waals surface area contributed by atoms with Crippen molar-refractivity contribution in [3.63, 3.8) is 0 Å². The molecule has 1 aromatic rings. The lowest BCUT2D eigenvalue weighted by atomic mass is 10.0. The molecule has 4 amide bonds. The number of rotatable bonds is 6. The minimum absolute atomic E-state index is 0.220. The Morgan fingerprint density at radius 3 is 2.00 bits per heavy atom. The van der Waals surface area contributed by atoms with Gasteiger partial charge in [-0.2, -0.15) is 0 Å². The van der Waals surface area contributed by atoms with E-state index in [4.69, 9.17) is 9.47 Å². The normalized spacial score (nSPS) is 14.9. The van der Waals surface area contributed by atoms with Gasteiger partial charge in [-0.1, -0.05) is 13.8 Å². The van der Waals surface area contributed by atoms with Crippen molar-refractivity contribution in [1.82, 2.24) is 15.1 Å². The van der Waals surface area contributed by atoms with Gasteiger partial charge in [-0.15, -0.1) is 0 Å². The fourth-order valence-corrected chi connectivity index (χ4v) is 3.06. The Balaban J connectivity index is 1.84. The summed E-state index contributed by atoms with van der Waals surface area (Å²) in [4.78, 5) is 40.1. The third kappa shape index (κ3) is 6.55. The van der Waals surface area contributed by atoms with Gasteiger partial charge in [-0.3, -0.25) is 0 Å². The number of ether oxygens (including phenoxy) is 2. The van der Waals surface area contributed by atoms with Crippen LogP contribution in [0.25, 0.3) is 0 Å². The molecule has 1 aliphatic rings. The number of nitrogens with zero attached hydrogens (tertiary/aromatic N) is 2. The first-order chi connectivity index (χ1) is 13.8. The van der Waals surface area contributed by atoms with E-state index in [1.807, 2.05) is 13.8 Å². The topological polar surface area (TPSA) is 100 Å². The number of esters is 1. The molecule has 0 saturated carbocycles. The molecule has 0 spiro atoms. The van der Waals surface area contributed by atoms with Crippen molar-refractivity contribution in [1.29, 1.82) is 0 Å².